The molecule has 0 bridgehead atoms. The van der Waals surface area contributed by atoms with Crippen molar-refractivity contribution in [1.82, 2.24) is 5.32 Å². The van der Waals surface area contributed by atoms with Gasteiger partial charge >= 0.3 is 0 Å². The lowest BCUT2D eigenvalue weighted by Crippen LogP contribution is -2.44. The fourth-order valence-corrected chi connectivity index (χ4v) is 2.86. The Morgan fingerprint density at radius 1 is 1.42 bits per heavy atom. The third-order valence-corrected chi connectivity index (χ3v) is 4.07. The Bertz CT molecular complexity index is 481. The smallest absolute Gasteiger partial charge is 0.234 e. The molecule has 2 aliphatic rings. The van der Waals surface area contributed by atoms with Crippen LogP contribution in [0.2, 0.25) is 0 Å². The molecular weight excluding hydrogens is 240 g/mol. The molecular formula is C15H20N2O2. The number of nitrogens with zero attached hydrogens (tertiary/aromatic N) is 1. The molecule has 1 N–H and O–H groups in total. The predicted octanol–water partition coefficient (Wildman–Crippen LogP) is 1.80. The van der Waals surface area contributed by atoms with Gasteiger partial charge in [-0.2, -0.15) is 0 Å². The van der Waals surface area contributed by atoms with E-state index in [4.69, 9.17) is 4.74 Å². The van der Waals surface area contributed by atoms with E-state index in [0.717, 1.165) is 43.9 Å². The summed E-state index contributed by atoms with van der Waals surface area (Å²) in [5, 5.41) is 3.29. The van der Waals surface area contributed by atoms with Gasteiger partial charge in [-0.3, -0.25) is 4.79 Å². The zero-order chi connectivity index (χ0) is 13.3. The van der Waals surface area contributed by atoms with Crippen LogP contribution < -0.4 is 15.0 Å². The highest BCUT2D eigenvalue weighted by atomic mass is 16.5. The number of rotatable bonds is 1. The lowest BCUT2D eigenvalue weighted by molar-refractivity contribution is -0.126. The van der Waals surface area contributed by atoms with Gasteiger partial charge in [0.15, 0.2) is 0 Å². The van der Waals surface area contributed by atoms with Crippen molar-refractivity contribution in [3.8, 4) is 5.75 Å². The molecule has 1 aromatic rings. The Balaban J connectivity index is 1.94. The van der Waals surface area contributed by atoms with Gasteiger partial charge in [0.05, 0.1) is 17.7 Å². The van der Waals surface area contributed by atoms with E-state index in [9.17, 15) is 4.79 Å². The molecule has 4 nitrogen and oxygen atoms in total. The van der Waals surface area contributed by atoms with E-state index in [1.54, 1.807) is 0 Å². The number of ether oxygens (including phenoxy) is 1. The maximum absolute atomic E-state index is 12.9. The van der Waals surface area contributed by atoms with Crippen LogP contribution in [0.3, 0.4) is 0 Å². The number of hydrogen-bond acceptors (Lipinski definition) is 3. The van der Waals surface area contributed by atoms with E-state index in [1.165, 1.54) is 0 Å². The maximum atomic E-state index is 12.9. The van der Waals surface area contributed by atoms with Crippen molar-refractivity contribution in [1.29, 1.82) is 0 Å². The predicted molar refractivity (Wildman–Crippen MR) is 74.5 cm³/mol. The average molecular weight is 260 g/mol. The second-order valence-electron chi connectivity index (χ2n) is 5.61. The maximum Gasteiger partial charge on any atom is 0.234 e. The summed E-state index contributed by atoms with van der Waals surface area (Å²) in [5.74, 6) is 1.04. The summed E-state index contributed by atoms with van der Waals surface area (Å²) < 4.78 is 5.71. The Labute approximate surface area is 113 Å². The van der Waals surface area contributed by atoms with Crippen molar-refractivity contribution in [3.05, 3.63) is 24.3 Å². The van der Waals surface area contributed by atoms with Gasteiger partial charge in [0.2, 0.25) is 5.91 Å². The summed E-state index contributed by atoms with van der Waals surface area (Å²) in [6, 6.07) is 7.83. The molecule has 4 heteroatoms. The van der Waals surface area contributed by atoms with Crippen LogP contribution >= 0.6 is 0 Å². The first-order valence-corrected chi connectivity index (χ1v) is 6.95. The van der Waals surface area contributed by atoms with Gasteiger partial charge < -0.3 is 15.0 Å². The minimum Gasteiger partial charge on any atom is -0.491 e. The van der Waals surface area contributed by atoms with Crippen LogP contribution in [0.1, 0.15) is 19.8 Å². The highest BCUT2D eigenvalue weighted by Gasteiger charge is 2.40. The molecule has 1 unspecified atom stereocenters. The number of para-hydroxylation sites is 2. The van der Waals surface area contributed by atoms with Gasteiger partial charge in [-0.05, 0) is 38.4 Å². The van der Waals surface area contributed by atoms with E-state index >= 15 is 0 Å². The Morgan fingerprint density at radius 3 is 3.05 bits per heavy atom. The number of benzene rings is 1. The van der Waals surface area contributed by atoms with Gasteiger partial charge in [0, 0.05) is 13.1 Å². The summed E-state index contributed by atoms with van der Waals surface area (Å²) in [5.41, 5.74) is 0.635. The third kappa shape index (κ3) is 2.21. The molecule has 0 spiro atoms. The Kier molecular flexibility index (Phi) is 3.19. The molecule has 2 aliphatic heterocycles. The van der Waals surface area contributed by atoms with Gasteiger partial charge in [-0.1, -0.05) is 12.1 Å². The highest BCUT2D eigenvalue weighted by molar-refractivity contribution is 5.99. The second kappa shape index (κ2) is 4.85. The second-order valence-corrected chi connectivity index (χ2v) is 5.61. The summed E-state index contributed by atoms with van der Waals surface area (Å²) in [6.07, 6.45) is 1.79. The van der Waals surface area contributed by atoms with Crippen LogP contribution in [0.4, 0.5) is 5.69 Å². The van der Waals surface area contributed by atoms with Crippen LogP contribution in [-0.4, -0.2) is 32.1 Å². The molecule has 1 aromatic carbocycles. The molecule has 3 rings (SSSR count). The number of amides is 1. The van der Waals surface area contributed by atoms with Crippen molar-refractivity contribution >= 4 is 11.6 Å². The summed E-state index contributed by atoms with van der Waals surface area (Å²) in [7, 11) is 0. The Hall–Kier alpha value is -1.55. The van der Waals surface area contributed by atoms with Crippen molar-refractivity contribution in [2.45, 2.75) is 19.8 Å². The van der Waals surface area contributed by atoms with E-state index in [0.29, 0.717) is 6.61 Å². The monoisotopic (exact) mass is 260 g/mol. The van der Waals surface area contributed by atoms with Crippen LogP contribution in [0.25, 0.3) is 0 Å². The van der Waals surface area contributed by atoms with Crippen LogP contribution in [-0.2, 0) is 4.79 Å². The zero-order valence-electron chi connectivity index (χ0n) is 11.3. The van der Waals surface area contributed by atoms with E-state index < -0.39 is 0 Å². The molecule has 1 atom stereocenters. The van der Waals surface area contributed by atoms with Gasteiger partial charge in [0.1, 0.15) is 5.75 Å². The first-order valence-electron chi connectivity index (χ1n) is 6.95. The topological polar surface area (TPSA) is 41.6 Å². The number of fused-ring (bicyclic) bond motifs is 1. The normalized spacial score (nSPS) is 26.5. The zero-order valence-corrected chi connectivity index (χ0v) is 11.3. The van der Waals surface area contributed by atoms with Gasteiger partial charge in [-0.15, -0.1) is 0 Å². The van der Waals surface area contributed by atoms with Gasteiger partial charge in [-0.25, -0.2) is 0 Å². The van der Waals surface area contributed by atoms with E-state index in [1.807, 2.05) is 29.2 Å². The van der Waals surface area contributed by atoms with Crippen molar-refractivity contribution in [3.63, 3.8) is 0 Å². The van der Waals surface area contributed by atoms with Crippen molar-refractivity contribution < 1.29 is 9.53 Å². The van der Waals surface area contributed by atoms with Crippen LogP contribution in [0.5, 0.6) is 5.75 Å². The fourth-order valence-electron chi connectivity index (χ4n) is 2.86. The highest BCUT2D eigenvalue weighted by Crippen LogP contribution is 2.35. The van der Waals surface area contributed by atoms with Gasteiger partial charge in [0.25, 0.3) is 0 Å². The molecule has 19 heavy (non-hydrogen) atoms. The van der Waals surface area contributed by atoms with Crippen molar-refractivity contribution in [2.24, 2.45) is 5.41 Å². The number of carbonyl (C=O) groups excluding carboxylic acids is 1. The fraction of sp³-hybridized carbons (Fsp3) is 0.533. The van der Waals surface area contributed by atoms with Crippen LogP contribution in [0, 0.1) is 5.41 Å². The molecule has 0 saturated carbocycles. The largest absolute Gasteiger partial charge is 0.491 e. The summed E-state index contributed by atoms with van der Waals surface area (Å²) in [4.78, 5) is 14.8. The molecule has 0 aromatic heterocycles. The quantitative estimate of drug-likeness (QED) is 0.837. The standard InChI is InChI=1S/C15H20N2O2/c1-15(7-8-16-11-15)14(18)17-9-4-10-19-13-6-3-2-5-12(13)17/h2-3,5-6,16H,4,7-11H2,1H3. The number of nitrogens with one attached hydrogen (secondary N) is 1. The lowest BCUT2D eigenvalue weighted by Gasteiger charge is -2.30. The minimum absolute atomic E-state index is 0.218. The number of carbonyl (C=O) groups is 1. The molecule has 1 amide bonds. The summed E-state index contributed by atoms with van der Waals surface area (Å²) >= 11 is 0. The van der Waals surface area contributed by atoms with E-state index in [2.05, 4.69) is 12.2 Å². The SMILES string of the molecule is CC1(C(=O)N2CCCOc3ccccc32)CCNC1. The first kappa shape index (κ1) is 12.5. The molecule has 1 saturated heterocycles. The lowest BCUT2D eigenvalue weighted by atomic mass is 9.87. The molecule has 102 valence electrons. The number of hydrogen-bond donors (Lipinski definition) is 1. The summed E-state index contributed by atoms with van der Waals surface area (Å²) in [6.45, 7) is 5.17. The molecule has 1 fully saturated rings. The van der Waals surface area contributed by atoms with E-state index in [-0.39, 0.29) is 11.3 Å². The molecule has 2 heterocycles. The third-order valence-electron chi connectivity index (χ3n) is 4.07. The average Bonchev–Trinajstić information content (AvgIpc) is 2.76. The number of anilines is 1. The Morgan fingerprint density at radius 2 is 2.26 bits per heavy atom. The molecule has 0 radical (unpaired) electrons. The van der Waals surface area contributed by atoms with Crippen molar-refractivity contribution in [2.75, 3.05) is 31.1 Å². The minimum atomic E-state index is -0.280. The van der Waals surface area contributed by atoms with Crippen LogP contribution in [0.15, 0.2) is 24.3 Å². The first-order chi connectivity index (χ1) is 9.21. The molecule has 0 aliphatic carbocycles.